The summed E-state index contributed by atoms with van der Waals surface area (Å²) in [6.45, 7) is 8.00. The van der Waals surface area contributed by atoms with Gasteiger partial charge in [-0.2, -0.15) is 9.61 Å². The first-order chi connectivity index (χ1) is 7.66. The Labute approximate surface area is 94.9 Å². The number of hydrogen-bond donors (Lipinski definition) is 1. The van der Waals surface area contributed by atoms with Crippen molar-refractivity contribution in [2.24, 2.45) is 5.92 Å². The quantitative estimate of drug-likeness (QED) is 0.839. The number of hydrogen-bond acceptors (Lipinski definition) is 4. The summed E-state index contributed by atoms with van der Waals surface area (Å²) in [6.07, 6.45) is 0. The lowest BCUT2D eigenvalue weighted by Crippen LogP contribution is -2.20. The zero-order valence-electron chi connectivity index (χ0n) is 9.94. The Balaban J connectivity index is 2.15. The number of aromatic nitrogens is 4. The maximum atomic E-state index is 4.39. The van der Waals surface area contributed by atoms with Gasteiger partial charge in [-0.25, -0.2) is 0 Å². The Morgan fingerprint density at radius 2 is 2.12 bits per heavy atom. The van der Waals surface area contributed by atoms with E-state index in [1.165, 1.54) is 0 Å². The van der Waals surface area contributed by atoms with Crippen LogP contribution in [0.4, 0.5) is 0 Å². The normalized spacial score (nSPS) is 11.5. The summed E-state index contributed by atoms with van der Waals surface area (Å²) >= 11 is 0. The minimum atomic E-state index is 0.633. The van der Waals surface area contributed by atoms with Crippen LogP contribution in [0.15, 0.2) is 12.1 Å². The largest absolute Gasteiger partial charge is 0.310 e. The van der Waals surface area contributed by atoms with Gasteiger partial charge in [0, 0.05) is 0 Å². The van der Waals surface area contributed by atoms with E-state index in [0.717, 1.165) is 23.7 Å². The van der Waals surface area contributed by atoms with Crippen LogP contribution in [0, 0.1) is 12.8 Å². The summed E-state index contributed by atoms with van der Waals surface area (Å²) in [5.74, 6) is 1.49. The van der Waals surface area contributed by atoms with Crippen LogP contribution >= 0.6 is 0 Å². The van der Waals surface area contributed by atoms with E-state index in [0.29, 0.717) is 12.5 Å². The van der Waals surface area contributed by atoms with Crippen LogP contribution in [0.2, 0.25) is 0 Å². The van der Waals surface area contributed by atoms with Gasteiger partial charge >= 0.3 is 0 Å². The van der Waals surface area contributed by atoms with Crippen molar-refractivity contribution in [2.45, 2.75) is 27.3 Å². The number of nitrogens with zero attached hydrogens (tertiary/aromatic N) is 4. The van der Waals surface area contributed by atoms with E-state index in [9.17, 15) is 0 Å². The molecule has 0 bridgehead atoms. The molecule has 0 aliphatic rings. The highest BCUT2D eigenvalue weighted by Gasteiger charge is 2.06. The number of aryl methyl sites for hydroxylation is 1. The van der Waals surface area contributed by atoms with Crippen molar-refractivity contribution in [1.29, 1.82) is 0 Å². The fourth-order valence-electron chi connectivity index (χ4n) is 1.51. The van der Waals surface area contributed by atoms with Gasteiger partial charge in [0.15, 0.2) is 11.5 Å². The molecule has 2 aromatic rings. The number of fused-ring (bicyclic) bond motifs is 1. The third kappa shape index (κ3) is 2.36. The van der Waals surface area contributed by atoms with E-state index >= 15 is 0 Å². The Kier molecular flexibility index (Phi) is 3.14. The van der Waals surface area contributed by atoms with Crippen LogP contribution in [0.1, 0.15) is 25.4 Å². The van der Waals surface area contributed by atoms with Crippen molar-refractivity contribution in [3.63, 3.8) is 0 Å². The van der Waals surface area contributed by atoms with Gasteiger partial charge in [-0.15, -0.1) is 10.2 Å². The molecule has 2 heterocycles. The molecule has 2 aromatic heterocycles. The first-order valence-corrected chi connectivity index (χ1v) is 5.55. The monoisotopic (exact) mass is 219 g/mol. The summed E-state index contributed by atoms with van der Waals surface area (Å²) in [5, 5.41) is 15.9. The van der Waals surface area contributed by atoms with Crippen LogP contribution < -0.4 is 5.32 Å². The highest BCUT2D eigenvalue weighted by atomic mass is 15.4. The molecule has 16 heavy (non-hydrogen) atoms. The SMILES string of the molecule is Cc1ccc2nnc(CNCC(C)C)n2n1. The summed E-state index contributed by atoms with van der Waals surface area (Å²) in [7, 11) is 0. The minimum absolute atomic E-state index is 0.633. The summed E-state index contributed by atoms with van der Waals surface area (Å²) in [5.41, 5.74) is 1.77. The second kappa shape index (κ2) is 4.57. The molecule has 0 spiro atoms. The summed E-state index contributed by atoms with van der Waals surface area (Å²) in [4.78, 5) is 0. The van der Waals surface area contributed by atoms with Crippen molar-refractivity contribution in [2.75, 3.05) is 6.54 Å². The molecule has 0 aliphatic carbocycles. The molecule has 86 valence electrons. The smallest absolute Gasteiger partial charge is 0.177 e. The second-order valence-electron chi connectivity index (χ2n) is 4.39. The van der Waals surface area contributed by atoms with E-state index in [-0.39, 0.29) is 0 Å². The molecule has 0 radical (unpaired) electrons. The van der Waals surface area contributed by atoms with E-state index < -0.39 is 0 Å². The fraction of sp³-hybridized carbons (Fsp3) is 0.545. The average Bonchev–Trinajstić information content (AvgIpc) is 2.60. The van der Waals surface area contributed by atoms with Gasteiger partial charge in [-0.05, 0) is 31.5 Å². The van der Waals surface area contributed by atoms with Crippen molar-refractivity contribution in [3.8, 4) is 0 Å². The molecule has 0 saturated carbocycles. The molecule has 0 aromatic carbocycles. The summed E-state index contributed by atoms with van der Waals surface area (Å²) in [6, 6.07) is 3.87. The van der Waals surface area contributed by atoms with E-state index in [4.69, 9.17) is 0 Å². The first-order valence-electron chi connectivity index (χ1n) is 5.55. The molecule has 0 amide bonds. The maximum absolute atomic E-state index is 4.39. The van der Waals surface area contributed by atoms with Gasteiger partial charge in [0.05, 0.1) is 12.2 Å². The predicted molar refractivity (Wildman–Crippen MR) is 62.1 cm³/mol. The molecule has 0 atom stereocenters. The lowest BCUT2D eigenvalue weighted by Gasteiger charge is -2.05. The lowest BCUT2D eigenvalue weighted by atomic mass is 10.2. The summed E-state index contributed by atoms with van der Waals surface area (Å²) < 4.78 is 1.79. The molecule has 0 saturated heterocycles. The Morgan fingerprint density at radius 1 is 1.31 bits per heavy atom. The van der Waals surface area contributed by atoms with Gasteiger partial charge in [0.2, 0.25) is 0 Å². The molecule has 1 N–H and O–H groups in total. The zero-order valence-corrected chi connectivity index (χ0v) is 9.94. The van der Waals surface area contributed by atoms with Crippen molar-refractivity contribution in [3.05, 3.63) is 23.7 Å². The highest BCUT2D eigenvalue weighted by molar-refractivity contribution is 5.35. The Morgan fingerprint density at radius 3 is 2.88 bits per heavy atom. The Hall–Kier alpha value is -1.49. The second-order valence-corrected chi connectivity index (χ2v) is 4.39. The van der Waals surface area contributed by atoms with Crippen LogP contribution in [-0.4, -0.2) is 26.4 Å². The third-order valence-electron chi connectivity index (χ3n) is 2.30. The van der Waals surface area contributed by atoms with E-state index in [2.05, 4.69) is 34.5 Å². The lowest BCUT2D eigenvalue weighted by molar-refractivity contribution is 0.537. The molecule has 0 fully saturated rings. The highest BCUT2D eigenvalue weighted by Crippen LogP contribution is 2.02. The van der Waals surface area contributed by atoms with Crippen LogP contribution in [0.5, 0.6) is 0 Å². The molecule has 2 rings (SSSR count). The maximum Gasteiger partial charge on any atom is 0.177 e. The van der Waals surface area contributed by atoms with Gasteiger partial charge in [-0.3, -0.25) is 0 Å². The van der Waals surface area contributed by atoms with Crippen molar-refractivity contribution < 1.29 is 0 Å². The zero-order chi connectivity index (χ0) is 11.5. The molecule has 0 unspecified atom stereocenters. The van der Waals surface area contributed by atoms with Gasteiger partial charge in [0.1, 0.15) is 0 Å². The van der Waals surface area contributed by atoms with Gasteiger partial charge in [-0.1, -0.05) is 13.8 Å². The van der Waals surface area contributed by atoms with Crippen molar-refractivity contribution >= 4 is 5.65 Å². The topological polar surface area (TPSA) is 55.1 Å². The van der Waals surface area contributed by atoms with Crippen molar-refractivity contribution in [1.82, 2.24) is 25.1 Å². The molecular formula is C11H17N5. The molecule has 5 heteroatoms. The van der Waals surface area contributed by atoms with Gasteiger partial charge in [0.25, 0.3) is 0 Å². The fourth-order valence-corrected chi connectivity index (χ4v) is 1.51. The minimum Gasteiger partial charge on any atom is -0.310 e. The third-order valence-corrected chi connectivity index (χ3v) is 2.30. The molecule has 0 aliphatic heterocycles. The molecular weight excluding hydrogens is 202 g/mol. The van der Waals surface area contributed by atoms with Crippen LogP contribution in [-0.2, 0) is 6.54 Å². The molecule has 5 nitrogen and oxygen atoms in total. The van der Waals surface area contributed by atoms with Gasteiger partial charge < -0.3 is 5.32 Å². The average molecular weight is 219 g/mol. The Bertz CT molecular complexity index is 474. The predicted octanol–water partition coefficient (Wildman–Crippen LogP) is 1.18. The van der Waals surface area contributed by atoms with E-state index in [1.54, 1.807) is 4.52 Å². The number of rotatable bonds is 4. The van der Waals surface area contributed by atoms with E-state index in [1.807, 2.05) is 19.1 Å². The van der Waals surface area contributed by atoms with Crippen LogP contribution in [0.25, 0.3) is 5.65 Å². The standard InChI is InChI=1S/C11H17N5/c1-8(2)6-12-7-11-14-13-10-5-4-9(3)15-16(10)11/h4-5,8,12H,6-7H2,1-3H3. The first kappa shape index (κ1) is 11.0. The number of nitrogens with one attached hydrogen (secondary N) is 1. The van der Waals surface area contributed by atoms with Crippen LogP contribution in [0.3, 0.4) is 0 Å².